The number of aryl methyl sites for hydroxylation is 2. The van der Waals surface area contributed by atoms with Crippen molar-refractivity contribution in [2.75, 3.05) is 12.3 Å². The van der Waals surface area contributed by atoms with Crippen LogP contribution in [-0.2, 0) is 30.2 Å². The minimum atomic E-state index is -3.24. The van der Waals surface area contributed by atoms with Crippen molar-refractivity contribution in [3.63, 3.8) is 0 Å². The van der Waals surface area contributed by atoms with Gasteiger partial charge in [-0.3, -0.25) is 9.67 Å². The van der Waals surface area contributed by atoms with Crippen LogP contribution in [0.2, 0.25) is 5.02 Å². The van der Waals surface area contributed by atoms with E-state index in [1.54, 1.807) is 18.6 Å². The normalized spacial score (nSPS) is 15.7. The van der Waals surface area contributed by atoms with Gasteiger partial charge >= 0.3 is 0 Å². The molecular weight excluding hydrogens is 474 g/mol. The standard InChI is InChI=1S/C24H24ClN5O3S/c1-16-11-19(22-7-8-27-29(22)2)18-5-3-6-23(24(18)28-16)33-15-20-17(12-26-13-21(20)25)14-30-9-4-10-34(30,31)32/h3,5-8,11-13H,4,9-10,14-15H2,1-2H3. The summed E-state index contributed by atoms with van der Waals surface area (Å²) in [5.74, 6) is 0.796. The Kier molecular flexibility index (Phi) is 6.01. The zero-order chi connectivity index (χ0) is 23.9. The third-order valence-corrected chi connectivity index (χ3v) is 8.27. The Morgan fingerprint density at radius 3 is 2.79 bits per heavy atom. The highest BCUT2D eigenvalue weighted by molar-refractivity contribution is 7.89. The fourth-order valence-corrected chi connectivity index (χ4v) is 6.05. The molecule has 8 nitrogen and oxygen atoms in total. The van der Waals surface area contributed by atoms with Crippen LogP contribution >= 0.6 is 11.6 Å². The molecule has 0 amide bonds. The van der Waals surface area contributed by atoms with E-state index in [4.69, 9.17) is 21.3 Å². The zero-order valence-electron chi connectivity index (χ0n) is 18.9. The molecule has 1 aliphatic rings. The molecule has 0 unspecified atom stereocenters. The third-order valence-electron chi connectivity index (χ3n) is 6.04. The van der Waals surface area contributed by atoms with E-state index in [1.807, 2.05) is 49.0 Å². The van der Waals surface area contributed by atoms with E-state index in [1.165, 1.54) is 4.31 Å². The number of hydrogen-bond donors (Lipinski definition) is 0. The average Bonchev–Trinajstić information content (AvgIpc) is 3.37. The highest BCUT2D eigenvalue weighted by atomic mass is 35.5. The number of ether oxygens (including phenoxy) is 1. The minimum Gasteiger partial charge on any atom is -0.487 e. The van der Waals surface area contributed by atoms with Crippen LogP contribution in [-0.4, -0.2) is 44.8 Å². The van der Waals surface area contributed by atoms with E-state index in [0.717, 1.165) is 39.0 Å². The van der Waals surface area contributed by atoms with Gasteiger partial charge in [-0.25, -0.2) is 13.4 Å². The number of fused-ring (bicyclic) bond motifs is 1. The summed E-state index contributed by atoms with van der Waals surface area (Å²) >= 11 is 6.47. The lowest BCUT2D eigenvalue weighted by Gasteiger charge is -2.18. The second-order valence-corrected chi connectivity index (χ2v) is 10.9. The summed E-state index contributed by atoms with van der Waals surface area (Å²) < 4.78 is 34.1. The molecule has 4 heterocycles. The summed E-state index contributed by atoms with van der Waals surface area (Å²) in [5.41, 5.74) is 5.07. The number of aromatic nitrogens is 4. The van der Waals surface area contributed by atoms with Crippen molar-refractivity contribution in [3.8, 4) is 17.0 Å². The molecule has 1 saturated heterocycles. The number of nitrogens with zero attached hydrogens (tertiary/aromatic N) is 5. The fourth-order valence-electron chi connectivity index (χ4n) is 4.33. The summed E-state index contributed by atoms with van der Waals surface area (Å²) in [6.45, 7) is 2.84. The Morgan fingerprint density at radius 1 is 1.21 bits per heavy atom. The van der Waals surface area contributed by atoms with Crippen molar-refractivity contribution in [2.24, 2.45) is 7.05 Å². The molecule has 1 fully saturated rings. The van der Waals surface area contributed by atoms with Crippen molar-refractivity contribution < 1.29 is 13.2 Å². The van der Waals surface area contributed by atoms with Gasteiger partial charge in [0.2, 0.25) is 10.0 Å². The first kappa shape index (κ1) is 22.8. The second kappa shape index (κ2) is 8.98. The SMILES string of the molecule is Cc1cc(-c2ccnn2C)c2cccc(OCc3c(Cl)cncc3CN3CCCS3(=O)=O)c2n1. The van der Waals surface area contributed by atoms with Crippen LogP contribution in [0.3, 0.4) is 0 Å². The average molecular weight is 498 g/mol. The minimum absolute atomic E-state index is 0.167. The van der Waals surface area contributed by atoms with E-state index in [9.17, 15) is 8.42 Å². The van der Waals surface area contributed by atoms with Gasteiger partial charge in [0, 0.05) is 60.9 Å². The van der Waals surface area contributed by atoms with Gasteiger partial charge in [0.05, 0.1) is 16.5 Å². The van der Waals surface area contributed by atoms with Crippen LogP contribution in [0.4, 0.5) is 0 Å². The van der Waals surface area contributed by atoms with Crippen molar-refractivity contribution in [2.45, 2.75) is 26.5 Å². The number of pyridine rings is 2. The maximum absolute atomic E-state index is 12.3. The number of halogens is 1. The van der Waals surface area contributed by atoms with Crippen molar-refractivity contribution in [1.29, 1.82) is 0 Å². The maximum Gasteiger partial charge on any atom is 0.214 e. The summed E-state index contributed by atoms with van der Waals surface area (Å²) in [4.78, 5) is 8.92. The molecule has 176 valence electrons. The quantitative estimate of drug-likeness (QED) is 0.398. The van der Waals surface area contributed by atoms with E-state index < -0.39 is 10.0 Å². The third kappa shape index (κ3) is 4.26. The molecule has 0 bridgehead atoms. The molecule has 0 atom stereocenters. The first-order valence-corrected chi connectivity index (χ1v) is 12.9. The van der Waals surface area contributed by atoms with Crippen LogP contribution in [0.1, 0.15) is 23.2 Å². The number of rotatable bonds is 6. The summed E-state index contributed by atoms with van der Waals surface area (Å²) in [6, 6.07) is 9.83. The smallest absolute Gasteiger partial charge is 0.214 e. The number of para-hydroxylation sites is 1. The van der Waals surface area contributed by atoms with E-state index in [2.05, 4.69) is 10.1 Å². The Labute approximate surface area is 203 Å². The molecule has 5 rings (SSSR count). The first-order chi connectivity index (χ1) is 16.3. The van der Waals surface area contributed by atoms with Crippen LogP contribution in [0.15, 0.2) is 48.9 Å². The van der Waals surface area contributed by atoms with Gasteiger partial charge in [0.15, 0.2) is 0 Å². The highest BCUT2D eigenvalue weighted by Gasteiger charge is 2.29. The molecule has 0 radical (unpaired) electrons. The topological polar surface area (TPSA) is 90.2 Å². The predicted molar refractivity (Wildman–Crippen MR) is 131 cm³/mol. The molecule has 34 heavy (non-hydrogen) atoms. The first-order valence-electron chi connectivity index (χ1n) is 10.9. The van der Waals surface area contributed by atoms with Gasteiger partial charge in [-0.05, 0) is 37.1 Å². The monoisotopic (exact) mass is 497 g/mol. The second-order valence-electron chi connectivity index (χ2n) is 8.35. The van der Waals surface area contributed by atoms with Gasteiger partial charge in [0.1, 0.15) is 17.9 Å². The Bertz CT molecular complexity index is 1490. The molecule has 4 aromatic rings. The maximum atomic E-state index is 12.3. The molecule has 0 saturated carbocycles. The number of benzene rings is 1. The molecule has 10 heteroatoms. The van der Waals surface area contributed by atoms with Crippen molar-refractivity contribution in [1.82, 2.24) is 24.1 Å². The van der Waals surface area contributed by atoms with Gasteiger partial charge in [0.25, 0.3) is 0 Å². The van der Waals surface area contributed by atoms with Crippen LogP contribution in [0.5, 0.6) is 5.75 Å². The Morgan fingerprint density at radius 2 is 2.06 bits per heavy atom. The molecule has 1 aliphatic heterocycles. The molecule has 1 aromatic carbocycles. The number of hydrogen-bond acceptors (Lipinski definition) is 6. The molecule has 0 spiro atoms. The van der Waals surface area contributed by atoms with Crippen molar-refractivity contribution in [3.05, 3.63) is 70.8 Å². The van der Waals surface area contributed by atoms with E-state index >= 15 is 0 Å². The van der Waals surface area contributed by atoms with Crippen LogP contribution in [0.25, 0.3) is 22.2 Å². The summed E-state index contributed by atoms with van der Waals surface area (Å²) in [5, 5.41) is 5.69. The molecule has 0 aliphatic carbocycles. The van der Waals surface area contributed by atoms with Crippen molar-refractivity contribution >= 4 is 32.5 Å². The van der Waals surface area contributed by atoms with Gasteiger partial charge in [-0.2, -0.15) is 9.40 Å². The van der Waals surface area contributed by atoms with E-state index in [-0.39, 0.29) is 18.9 Å². The lowest BCUT2D eigenvalue weighted by atomic mass is 10.0. The molecule has 0 N–H and O–H groups in total. The lowest BCUT2D eigenvalue weighted by Crippen LogP contribution is -2.26. The molecule has 3 aromatic heterocycles. The summed E-state index contributed by atoms with van der Waals surface area (Å²) in [6.07, 6.45) is 5.60. The zero-order valence-corrected chi connectivity index (χ0v) is 20.5. The van der Waals surface area contributed by atoms with Gasteiger partial charge in [-0.15, -0.1) is 0 Å². The summed E-state index contributed by atoms with van der Waals surface area (Å²) in [7, 11) is -1.33. The van der Waals surface area contributed by atoms with Gasteiger partial charge in [-0.1, -0.05) is 23.7 Å². The van der Waals surface area contributed by atoms with Crippen LogP contribution < -0.4 is 4.74 Å². The van der Waals surface area contributed by atoms with E-state index in [0.29, 0.717) is 23.7 Å². The Balaban J connectivity index is 1.49. The van der Waals surface area contributed by atoms with Gasteiger partial charge < -0.3 is 4.74 Å². The largest absolute Gasteiger partial charge is 0.487 e. The highest BCUT2D eigenvalue weighted by Crippen LogP contribution is 2.34. The lowest BCUT2D eigenvalue weighted by molar-refractivity contribution is 0.306. The number of sulfonamides is 1. The molecular formula is C24H24ClN5O3S. The predicted octanol–water partition coefficient (Wildman–Crippen LogP) is 4.11. The van der Waals surface area contributed by atoms with Crippen LogP contribution in [0, 0.1) is 6.92 Å². The fraction of sp³-hybridized carbons (Fsp3) is 0.292. The Hall–Kier alpha value is -3.01.